The molecule has 1 saturated heterocycles. The highest BCUT2D eigenvalue weighted by Crippen LogP contribution is 2.17. The summed E-state index contributed by atoms with van der Waals surface area (Å²) in [5, 5.41) is 3.24. The van der Waals surface area contributed by atoms with E-state index in [0.29, 0.717) is 24.1 Å². The number of imidazole rings is 1. The maximum Gasteiger partial charge on any atom is 0.201 e. The fourth-order valence-corrected chi connectivity index (χ4v) is 1.89. The van der Waals surface area contributed by atoms with Gasteiger partial charge in [-0.25, -0.2) is 9.37 Å². The fourth-order valence-electron chi connectivity index (χ4n) is 1.89. The number of nitrogens with zero attached hydrogens (tertiary/aromatic N) is 1. The van der Waals surface area contributed by atoms with Gasteiger partial charge in [0.2, 0.25) is 5.95 Å². The third-order valence-electron chi connectivity index (χ3n) is 2.71. The number of aromatic amines is 1. The van der Waals surface area contributed by atoms with E-state index in [1.54, 1.807) is 6.07 Å². The van der Waals surface area contributed by atoms with E-state index in [4.69, 9.17) is 4.74 Å². The third kappa shape index (κ3) is 1.74. The van der Waals surface area contributed by atoms with Gasteiger partial charge >= 0.3 is 0 Å². The minimum absolute atomic E-state index is 0.258. The summed E-state index contributed by atoms with van der Waals surface area (Å²) in [6.07, 6.45) is 0.978. The van der Waals surface area contributed by atoms with Crippen LogP contribution in [0.1, 0.15) is 6.42 Å². The van der Waals surface area contributed by atoms with E-state index in [9.17, 15) is 4.39 Å². The van der Waals surface area contributed by atoms with Crippen molar-refractivity contribution in [1.82, 2.24) is 9.97 Å². The first-order chi connectivity index (χ1) is 7.81. The zero-order valence-electron chi connectivity index (χ0n) is 8.66. The Bertz CT molecular complexity index is 505. The van der Waals surface area contributed by atoms with Gasteiger partial charge in [0.05, 0.1) is 23.7 Å². The van der Waals surface area contributed by atoms with Crippen LogP contribution in [0.15, 0.2) is 18.2 Å². The molecule has 4 nitrogen and oxygen atoms in total. The molecule has 0 radical (unpaired) electrons. The number of nitrogens with one attached hydrogen (secondary N) is 2. The first kappa shape index (κ1) is 9.59. The third-order valence-corrected chi connectivity index (χ3v) is 2.71. The Balaban J connectivity index is 1.86. The Morgan fingerprint density at radius 2 is 2.44 bits per heavy atom. The van der Waals surface area contributed by atoms with Crippen molar-refractivity contribution in [2.45, 2.75) is 12.5 Å². The van der Waals surface area contributed by atoms with Gasteiger partial charge in [0, 0.05) is 6.61 Å². The molecular formula is C11H12FN3O. The molecule has 0 aliphatic carbocycles. The Labute approximate surface area is 91.8 Å². The van der Waals surface area contributed by atoms with Crippen molar-refractivity contribution in [2.75, 3.05) is 18.5 Å². The van der Waals surface area contributed by atoms with Gasteiger partial charge in [0.25, 0.3) is 0 Å². The van der Waals surface area contributed by atoms with Crippen molar-refractivity contribution in [2.24, 2.45) is 0 Å². The molecule has 2 aromatic rings. The number of ether oxygens (including phenoxy) is 1. The van der Waals surface area contributed by atoms with Crippen molar-refractivity contribution in [3.8, 4) is 0 Å². The molecule has 1 fully saturated rings. The molecule has 2 N–H and O–H groups in total. The van der Waals surface area contributed by atoms with Crippen LogP contribution in [0, 0.1) is 5.82 Å². The van der Waals surface area contributed by atoms with Crippen molar-refractivity contribution in [3.63, 3.8) is 0 Å². The van der Waals surface area contributed by atoms with E-state index in [0.717, 1.165) is 18.5 Å². The zero-order chi connectivity index (χ0) is 11.0. The summed E-state index contributed by atoms with van der Waals surface area (Å²) >= 11 is 0. The van der Waals surface area contributed by atoms with Gasteiger partial charge in [0.15, 0.2) is 0 Å². The molecule has 84 valence electrons. The van der Waals surface area contributed by atoms with Crippen LogP contribution in [-0.4, -0.2) is 29.2 Å². The van der Waals surface area contributed by atoms with Crippen molar-refractivity contribution >= 4 is 17.0 Å². The summed E-state index contributed by atoms with van der Waals surface area (Å²) in [7, 11) is 0. The summed E-state index contributed by atoms with van der Waals surface area (Å²) in [5.74, 6) is 0.419. The maximum absolute atomic E-state index is 13.0. The number of aromatic nitrogens is 2. The lowest BCUT2D eigenvalue weighted by molar-refractivity contribution is 0.195. The number of fused-ring (bicyclic) bond motifs is 1. The summed E-state index contributed by atoms with van der Waals surface area (Å²) in [5.41, 5.74) is 1.48. The van der Waals surface area contributed by atoms with E-state index < -0.39 is 0 Å². The Morgan fingerprint density at radius 1 is 1.50 bits per heavy atom. The number of benzene rings is 1. The lowest BCUT2D eigenvalue weighted by Crippen LogP contribution is -2.19. The lowest BCUT2D eigenvalue weighted by atomic mass is 10.3. The second-order valence-corrected chi connectivity index (χ2v) is 3.95. The molecule has 0 saturated carbocycles. The molecule has 1 aliphatic heterocycles. The molecule has 2 heterocycles. The first-order valence-corrected chi connectivity index (χ1v) is 5.31. The van der Waals surface area contributed by atoms with Gasteiger partial charge in [-0.2, -0.15) is 0 Å². The summed E-state index contributed by atoms with van der Waals surface area (Å²) in [6, 6.07) is 4.81. The fraction of sp³-hybridized carbons (Fsp3) is 0.364. The number of halogens is 1. The molecule has 1 aliphatic rings. The largest absolute Gasteiger partial charge is 0.379 e. The molecule has 5 heteroatoms. The maximum atomic E-state index is 13.0. The molecule has 0 spiro atoms. The highest BCUT2D eigenvalue weighted by molar-refractivity contribution is 5.77. The van der Waals surface area contributed by atoms with Gasteiger partial charge in [-0.15, -0.1) is 0 Å². The molecule has 1 unspecified atom stereocenters. The Kier molecular flexibility index (Phi) is 2.25. The highest BCUT2D eigenvalue weighted by atomic mass is 19.1. The van der Waals surface area contributed by atoms with Gasteiger partial charge in [-0.05, 0) is 24.6 Å². The first-order valence-electron chi connectivity index (χ1n) is 5.31. The molecule has 0 bridgehead atoms. The van der Waals surface area contributed by atoms with Gasteiger partial charge in [0.1, 0.15) is 5.82 Å². The average molecular weight is 221 g/mol. The van der Waals surface area contributed by atoms with E-state index >= 15 is 0 Å². The second kappa shape index (κ2) is 3.75. The van der Waals surface area contributed by atoms with Crippen LogP contribution in [-0.2, 0) is 4.74 Å². The lowest BCUT2D eigenvalue weighted by Gasteiger charge is -2.07. The van der Waals surface area contributed by atoms with Crippen LogP contribution in [0.4, 0.5) is 10.3 Å². The molecular weight excluding hydrogens is 209 g/mol. The standard InChI is InChI=1S/C11H12FN3O/c12-7-1-2-9-10(5-7)15-11(14-9)13-8-3-4-16-6-8/h1-2,5,8H,3-4,6H2,(H2,13,14,15). The van der Waals surface area contributed by atoms with Crippen LogP contribution in [0.3, 0.4) is 0 Å². The highest BCUT2D eigenvalue weighted by Gasteiger charge is 2.16. The normalized spacial score (nSPS) is 20.4. The molecule has 1 aromatic carbocycles. The van der Waals surface area contributed by atoms with E-state index in [-0.39, 0.29) is 5.82 Å². The average Bonchev–Trinajstić information content (AvgIpc) is 2.86. The van der Waals surface area contributed by atoms with Crippen molar-refractivity contribution in [3.05, 3.63) is 24.0 Å². The Hall–Kier alpha value is -1.62. The number of rotatable bonds is 2. The van der Waals surface area contributed by atoms with E-state index in [1.165, 1.54) is 12.1 Å². The molecule has 0 amide bonds. The van der Waals surface area contributed by atoms with Gasteiger partial charge < -0.3 is 15.0 Å². The summed E-state index contributed by atoms with van der Waals surface area (Å²) in [6.45, 7) is 1.48. The minimum Gasteiger partial charge on any atom is -0.379 e. The van der Waals surface area contributed by atoms with Crippen molar-refractivity contribution in [1.29, 1.82) is 0 Å². The molecule has 1 atom stereocenters. The number of hydrogen-bond donors (Lipinski definition) is 2. The van der Waals surface area contributed by atoms with Crippen LogP contribution in [0.5, 0.6) is 0 Å². The predicted molar refractivity (Wildman–Crippen MR) is 58.9 cm³/mol. The van der Waals surface area contributed by atoms with Gasteiger partial charge in [-0.3, -0.25) is 0 Å². The topological polar surface area (TPSA) is 49.9 Å². The van der Waals surface area contributed by atoms with Crippen LogP contribution in [0.2, 0.25) is 0 Å². The van der Waals surface area contributed by atoms with Crippen molar-refractivity contribution < 1.29 is 9.13 Å². The second-order valence-electron chi connectivity index (χ2n) is 3.95. The monoisotopic (exact) mass is 221 g/mol. The van der Waals surface area contributed by atoms with E-state index in [2.05, 4.69) is 15.3 Å². The predicted octanol–water partition coefficient (Wildman–Crippen LogP) is 1.90. The molecule has 16 heavy (non-hydrogen) atoms. The van der Waals surface area contributed by atoms with Crippen LogP contribution < -0.4 is 5.32 Å². The number of hydrogen-bond acceptors (Lipinski definition) is 3. The van der Waals surface area contributed by atoms with Crippen LogP contribution >= 0.6 is 0 Å². The van der Waals surface area contributed by atoms with Gasteiger partial charge in [-0.1, -0.05) is 0 Å². The number of anilines is 1. The molecule has 3 rings (SSSR count). The number of H-pyrrole nitrogens is 1. The zero-order valence-corrected chi connectivity index (χ0v) is 8.66. The Morgan fingerprint density at radius 3 is 3.25 bits per heavy atom. The van der Waals surface area contributed by atoms with Crippen LogP contribution in [0.25, 0.3) is 11.0 Å². The summed E-state index contributed by atoms with van der Waals surface area (Å²) < 4.78 is 18.2. The summed E-state index contributed by atoms with van der Waals surface area (Å²) in [4.78, 5) is 7.37. The van der Waals surface area contributed by atoms with E-state index in [1.807, 2.05) is 0 Å². The quantitative estimate of drug-likeness (QED) is 0.814. The SMILES string of the molecule is Fc1ccc2nc(NC3CCOC3)[nH]c2c1. The smallest absolute Gasteiger partial charge is 0.201 e. The minimum atomic E-state index is -0.258. The molecule has 1 aromatic heterocycles.